The molecule has 0 amide bonds. The standard InChI is InChI=1S/C12H16ClFN2/c13-11-9-10(14)3-4-12(11)15-5-8-16-6-1-2-7-16/h3-4,9,15H,1-2,5-8H2. The molecule has 0 saturated carbocycles. The lowest BCUT2D eigenvalue weighted by molar-refractivity contribution is 0.352. The minimum Gasteiger partial charge on any atom is -0.383 e. The van der Waals surface area contributed by atoms with Gasteiger partial charge in [-0.2, -0.15) is 0 Å². The van der Waals surface area contributed by atoms with Gasteiger partial charge in [0.2, 0.25) is 0 Å². The highest BCUT2D eigenvalue weighted by Crippen LogP contribution is 2.22. The molecule has 0 atom stereocenters. The molecule has 88 valence electrons. The number of nitrogens with one attached hydrogen (secondary N) is 1. The summed E-state index contributed by atoms with van der Waals surface area (Å²) >= 11 is 5.91. The molecule has 0 unspecified atom stereocenters. The Kier molecular flexibility index (Phi) is 4.02. The van der Waals surface area contributed by atoms with Crippen LogP contribution in [0.25, 0.3) is 0 Å². The highest BCUT2D eigenvalue weighted by atomic mass is 35.5. The van der Waals surface area contributed by atoms with Crippen LogP contribution >= 0.6 is 11.6 Å². The van der Waals surface area contributed by atoms with Gasteiger partial charge >= 0.3 is 0 Å². The second-order valence-corrected chi connectivity index (χ2v) is 4.51. The number of likely N-dealkylation sites (tertiary alicyclic amines) is 1. The van der Waals surface area contributed by atoms with Crippen LogP contribution in [0.15, 0.2) is 18.2 Å². The van der Waals surface area contributed by atoms with Crippen LogP contribution in [0.5, 0.6) is 0 Å². The second kappa shape index (κ2) is 5.51. The van der Waals surface area contributed by atoms with Crippen molar-refractivity contribution in [2.75, 3.05) is 31.5 Å². The third kappa shape index (κ3) is 3.09. The summed E-state index contributed by atoms with van der Waals surface area (Å²) in [5.74, 6) is -0.296. The second-order valence-electron chi connectivity index (χ2n) is 4.10. The summed E-state index contributed by atoms with van der Waals surface area (Å²) < 4.78 is 12.8. The fourth-order valence-corrected chi connectivity index (χ4v) is 2.22. The van der Waals surface area contributed by atoms with Crippen LogP contribution in [0.4, 0.5) is 10.1 Å². The minimum atomic E-state index is -0.296. The zero-order valence-electron chi connectivity index (χ0n) is 9.18. The number of hydrogen-bond donors (Lipinski definition) is 1. The van der Waals surface area contributed by atoms with E-state index in [0.717, 1.165) is 18.8 Å². The lowest BCUT2D eigenvalue weighted by Gasteiger charge is -2.15. The van der Waals surface area contributed by atoms with E-state index in [-0.39, 0.29) is 5.82 Å². The summed E-state index contributed by atoms with van der Waals surface area (Å²) in [6, 6.07) is 4.44. The highest BCUT2D eigenvalue weighted by Gasteiger charge is 2.10. The van der Waals surface area contributed by atoms with Crippen molar-refractivity contribution >= 4 is 17.3 Å². The summed E-state index contributed by atoms with van der Waals surface area (Å²) in [6.07, 6.45) is 2.61. The molecule has 0 aromatic heterocycles. The molecular weight excluding hydrogens is 227 g/mol. The summed E-state index contributed by atoms with van der Waals surface area (Å²) in [7, 11) is 0. The third-order valence-electron chi connectivity index (χ3n) is 2.87. The van der Waals surface area contributed by atoms with Crippen molar-refractivity contribution in [2.24, 2.45) is 0 Å². The minimum absolute atomic E-state index is 0.296. The van der Waals surface area contributed by atoms with Gasteiger partial charge in [0.15, 0.2) is 0 Å². The van der Waals surface area contributed by atoms with Crippen LogP contribution < -0.4 is 5.32 Å². The molecule has 0 spiro atoms. The Hall–Kier alpha value is -0.800. The van der Waals surface area contributed by atoms with E-state index in [4.69, 9.17) is 11.6 Å². The highest BCUT2D eigenvalue weighted by molar-refractivity contribution is 6.33. The third-order valence-corrected chi connectivity index (χ3v) is 3.19. The number of anilines is 1. The predicted octanol–water partition coefficient (Wildman–Crippen LogP) is 2.99. The van der Waals surface area contributed by atoms with Gasteiger partial charge in [0.25, 0.3) is 0 Å². The maximum Gasteiger partial charge on any atom is 0.124 e. The molecule has 0 aliphatic carbocycles. The molecule has 1 fully saturated rings. The van der Waals surface area contributed by atoms with Crippen molar-refractivity contribution in [3.05, 3.63) is 29.0 Å². The van der Waals surface area contributed by atoms with Crippen molar-refractivity contribution in [1.82, 2.24) is 4.90 Å². The zero-order chi connectivity index (χ0) is 11.4. The van der Waals surface area contributed by atoms with Gasteiger partial charge in [0.05, 0.1) is 10.7 Å². The number of hydrogen-bond acceptors (Lipinski definition) is 2. The number of benzene rings is 1. The van der Waals surface area contributed by atoms with Crippen molar-refractivity contribution in [3.63, 3.8) is 0 Å². The van der Waals surface area contributed by atoms with E-state index >= 15 is 0 Å². The Morgan fingerprint density at radius 3 is 2.75 bits per heavy atom. The molecule has 2 rings (SSSR count). The van der Waals surface area contributed by atoms with Crippen molar-refractivity contribution in [3.8, 4) is 0 Å². The van der Waals surface area contributed by atoms with E-state index in [0.29, 0.717) is 5.02 Å². The van der Waals surface area contributed by atoms with Gasteiger partial charge in [-0.1, -0.05) is 11.6 Å². The maximum atomic E-state index is 12.8. The summed E-state index contributed by atoms with van der Waals surface area (Å²) in [6.45, 7) is 4.26. The molecule has 1 saturated heterocycles. The van der Waals surface area contributed by atoms with Crippen LogP contribution in [-0.4, -0.2) is 31.1 Å². The van der Waals surface area contributed by atoms with Gasteiger partial charge in [0.1, 0.15) is 5.82 Å². The van der Waals surface area contributed by atoms with Crippen LogP contribution in [0.2, 0.25) is 5.02 Å². The van der Waals surface area contributed by atoms with E-state index in [9.17, 15) is 4.39 Å². The van der Waals surface area contributed by atoms with Gasteiger partial charge in [-0.25, -0.2) is 4.39 Å². The summed E-state index contributed by atoms with van der Waals surface area (Å²) in [5, 5.41) is 3.67. The molecule has 16 heavy (non-hydrogen) atoms. The number of nitrogens with zero attached hydrogens (tertiary/aromatic N) is 1. The predicted molar refractivity (Wildman–Crippen MR) is 65.6 cm³/mol. The van der Waals surface area contributed by atoms with Gasteiger partial charge in [-0.3, -0.25) is 0 Å². The summed E-state index contributed by atoms with van der Waals surface area (Å²) in [4.78, 5) is 2.42. The fourth-order valence-electron chi connectivity index (χ4n) is 1.99. The van der Waals surface area contributed by atoms with Crippen LogP contribution in [0, 0.1) is 5.82 Å². The van der Waals surface area contributed by atoms with E-state index in [1.54, 1.807) is 6.07 Å². The Bertz CT molecular complexity index is 351. The smallest absolute Gasteiger partial charge is 0.124 e. The first kappa shape index (κ1) is 11.7. The first-order chi connectivity index (χ1) is 7.75. The molecule has 1 heterocycles. The quantitative estimate of drug-likeness (QED) is 0.873. The van der Waals surface area contributed by atoms with E-state index in [1.165, 1.54) is 38.1 Å². The Balaban J connectivity index is 1.80. The summed E-state index contributed by atoms with van der Waals surface area (Å²) in [5.41, 5.74) is 0.808. The van der Waals surface area contributed by atoms with Crippen LogP contribution in [0.3, 0.4) is 0 Å². The first-order valence-corrected chi connectivity index (χ1v) is 6.05. The van der Waals surface area contributed by atoms with Crippen LogP contribution in [-0.2, 0) is 0 Å². The number of halogens is 2. The molecule has 1 aromatic rings. The Labute approximate surface area is 100 Å². The molecule has 1 aromatic carbocycles. The lowest BCUT2D eigenvalue weighted by atomic mass is 10.3. The van der Waals surface area contributed by atoms with Crippen LogP contribution in [0.1, 0.15) is 12.8 Å². The SMILES string of the molecule is Fc1ccc(NCCN2CCCC2)c(Cl)c1. The van der Waals surface area contributed by atoms with Crippen molar-refractivity contribution < 1.29 is 4.39 Å². The van der Waals surface area contributed by atoms with E-state index in [1.807, 2.05) is 0 Å². The Morgan fingerprint density at radius 1 is 1.31 bits per heavy atom. The molecular formula is C12H16ClFN2. The molecule has 4 heteroatoms. The molecule has 2 nitrogen and oxygen atoms in total. The molecule has 0 radical (unpaired) electrons. The van der Waals surface area contributed by atoms with E-state index in [2.05, 4.69) is 10.2 Å². The largest absolute Gasteiger partial charge is 0.383 e. The van der Waals surface area contributed by atoms with Crippen molar-refractivity contribution in [2.45, 2.75) is 12.8 Å². The average molecular weight is 243 g/mol. The van der Waals surface area contributed by atoms with Crippen molar-refractivity contribution in [1.29, 1.82) is 0 Å². The van der Waals surface area contributed by atoms with Gasteiger partial charge in [0, 0.05) is 13.1 Å². The average Bonchev–Trinajstić information content (AvgIpc) is 2.74. The normalized spacial score (nSPS) is 16.6. The maximum absolute atomic E-state index is 12.8. The topological polar surface area (TPSA) is 15.3 Å². The molecule has 1 aliphatic heterocycles. The molecule has 1 N–H and O–H groups in total. The lowest BCUT2D eigenvalue weighted by Crippen LogP contribution is -2.25. The fraction of sp³-hybridized carbons (Fsp3) is 0.500. The van der Waals surface area contributed by atoms with Gasteiger partial charge in [-0.05, 0) is 44.1 Å². The zero-order valence-corrected chi connectivity index (χ0v) is 9.93. The monoisotopic (exact) mass is 242 g/mol. The Morgan fingerprint density at radius 2 is 2.06 bits per heavy atom. The number of rotatable bonds is 4. The van der Waals surface area contributed by atoms with Gasteiger partial charge in [-0.15, -0.1) is 0 Å². The molecule has 0 bridgehead atoms. The van der Waals surface area contributed by atoms with E-state index < -0.39 is 0 Å². The molecule has 1 aliphatic rings. The first-order valence-electron chi connectivity index (χ1n) is 5.67. The van der Waals surface area contributed by atoms with Gasteiger partial charge < -0.3 is 10.2 Å².